The van der Waals surface area contributed by atoms with Crippen LogP contribution >= 0.6 is 0 Å². The number of carboxylic acid groups (broad SMARTS) is 1. The molecule has 0 radical (unpaired) electrons. The van der Waals surface area contributed by atoms with Crippen LogP contribution in [0.1, 0.15) is 33.8 Å². The van der Waals surface area contributed by atoms with Crippen molar-refractivity contribution >= 4 is 11.9 Å². The first-order valence-electron chi connectivity index (χ1n) is 7.22. The molecule has 1 saturated heterocycles. The van der Waals surface area contributed by atoms with Crippen molar-refractivity contribution in [3.63, 3.8) is 0 Å². The molecule has 1 amide bonds. The first-order chi connectivity index (χ1) is 10.6. The van der Waals surface area contributed by atoms with E-state index >= 15 is 0 Å². The summed E-state index contributed by atoms with van der Waals surface area (Å²) in [4.78, 5) is 28.8. The van der Waals surface area contributed by atoms with E-state index in [0.717, 1.165) is 12.8 Å². The summed E-state index contributed by atoms with van der Waals surface area (Å²) >= 11 is 0. The summed E-state index contributed by atoms with van der Waals surface area (Å²) in [6, 6.07) is 4.44. The molecule has 0 aliphatic carbocycles. The minimum atomic E-state index is -1.14. The van der Waals surface area contributed by atoms with Gasteiger partial charge in [-0.3, -0.25) is 4.79 Å². The molecule has 1 aromatic rings. The fourth-order valence-corrected chi connectivity index (χ4v) is 2.36. The zero-order chi connectivity index (χ0) is 15.9. The van der Waals surface area contributed by atoms with Crippen LogP contribution in [0.5, 0.6) is 0 Å². The summed E-state index contributed by atoms with van der Waals surface area (Å²) in [7, 11) is 1.63. The lowest BCUT2D eigenvalue weighted by Crippen LogP contribution is -2.41. The second-order valence-corrected chi connectivity index (χ2v) is 5.07. The molecule has 0 saturated carbocycles. The smallest absolute Gasteiger partial charge is 0.354 e. The van der Waals surface area contributed by atoms with Crippen LogP contribution in [0, 0.1) is 0 Å². The van der Waals surface area contributed by atoms with Crippen LogP contribution in [0.4, 0.5) is 0 Å². The van der Waals surface area contributed by atoms with Gasteiger partial charge in [-0.25, -0.2) is 9.78 Å². The number of hydrogen-bond acceptors (Lipinski definition) is 5. The average molecular weight is 308 g/mol. The topological polar surface area (TPSA) is 89.0 Å². The molecule has 7 heteroatoms. The van der Waals surface area contributed by atoms with E-state index in [0.29, 0.717) is 26.3 Å². The number of aromatic nitrogens is 1. The number of carbonyl (C=O) groups excluding carboxylic acids is 1. The number of likely N-dealkylation sites (tertiary alicyclic amines) is 1. The molecule has 0 bridgehead atoms. The molecule has 120 valence electrons. The molecule has 1 N–H and O–H groups in total. The van der Waals surface area contributed by atoms with Gasteiger partial charge in [-0.05, 0) is 25.0 Å². The number of methoxy groups -OCH3 is 1. The van der Waals surface area contributed by atoms with Crippen LogP contribution < -0.4 is 0 Å². The molecule has 0 unspecified atom stereocenters. The molecule has 1 aliphatic heterocycles. The van der Waals surface area contributed by atoms with E-state index in [1.807, 2.05) is 0 Å². The Bertz CT molecular complexity index is 526. The molecule has 0 aromatic carbocycles. The van der Waals surface area contributed by atoms with Gasteiger partial charge in [0, 0.05) is 20.2 Å². The van der Waals surface area contributed by atoms with Crippen LogP contribution in [0.2, 0.25) is 0 Å². The predicted molar refractivity (Wildman–Crippen MR) is 77.9 cm³/mol. The van der Waals surface area contributed by atoms with Crippen LogP contribution in [0.25, 0.3) is 0 Å². The third-order valence-corrected chi connectivity index (χ3v) is 3.56. The quantitative estimate of drug-likeness (QED) is 0.790. The van der Waals surface area contributed by atoms with Crippen LogP contribution in [0.15, 0.2) is 18.2 Å². The van der Waals surface area contributed by atoms with Gasteiger partial charge in [-0.15, -0.1) is 0 Å². The second-order valence-electron chi connectivity index (χ2n) is 5.07. The van der Waals surface area contributed by atoms with Crippen molar-refractivity contribution < 1.29 is 24.2 Å². The van der Waals surface area contributed by atoms with Crippen molar-refractivity contribution in [2.45, 2.75) is 18.9 Å². The normalized spacial score (nSPS) is 15.8. The number of ether oxygens (including phenoxy) is 2. The zero-order valence-corrected chi connectivity index (χ0v) is 12.5. The van der Waals surface area contributed by atoms with E-state index < -0.39 is 5.97 Å². The average Bonchev–Trinajstić information content (AvgIpc) is 2.55. The first-order valence-corrected chi connectivity index (χ1v) is 7.22. The van der Waals surface area contributed by atoms with Gasteiger partial charge < -0.3 is 19.5 Å². The molecule has 1 aliphatic rings. The van der Waals surface area contributed by atoms with E-state index in [-0.39, 0.29) is 23.4 Å². The summed E-state index contributed by atoms with van der Waals surface area (Å²) < 4.78 is 10.6. The molecule has 1 fully saturated rings. The van der Waals surface area contributed by atoms with Gasteiger partial charge in [0.25, 0.3) is 5.91 Å². The Kier molecular flexibility index (Phi) is 5.85. The fraction of sp³-hybridized carbons (Fsp3) is 0.533. The number of piperidine rings is 1. The largest absolute Gasteiger partial charge is 0.477 e. The minimum Gasteiger partial charge on any atom is -0.477 e. The molecule has 2 heterocycles. The molecule has 7 nitrogen and oxygen atoms in total. The minimum absolute atomic E-state index is 0.122. The summed E-state index contributed by atoms with van der Waals surface area (Å²) in [5.41, 5.74) is 0.0438. The first kappa shape index (κ1) is 16.4. The Morgan fingerprint density at radius 1 is 1.27 bits per heavy atom. The van der Waals surface area contributed by atoms with Gasteiger partial charge in [-0.2, -0.15) is 0 Å². The van der Waals surface area contributed by atoms with Gasteiger partial charge in [0.15, 0.2) is 0 Å². The Balaban J connectivity index is 1.89. The predicted octanol–water partition coefficient (Wildman–Crippen LogP) is 1.05. The lowest BCUT2D eigenvalue weighted by molar-refractivity contribution is -0.0123. The lowest BCUT2D eigenvalue weighted by Gasteiger charge is -2.31. The SMILES string of the molecule is COCCOC1CCN(C(=O)c2cccc(C(=O)O)n2)CC1. The number of amides is 1. The van der Waals surface area contributed by atoms with Gasteiger partial charge in [-0.1, -0.05) is 6.07 Å². The lowest BCUT2D eigenvalue weighted by atomic mass is 10.1. The van der Waals surface area contributed by atoms with Gasteiger partial charge >= 0.3 is 5.97 Å². The highest BCUT2D eigenvalue weighted by molar-refractivity contribution is 5.94. The maximum atomic E-state index is 12.4. The molecule has 1 aromatic heterocycles. The number of carboxylic acids is 1. The number of rotatable bonds is 6. The number of nitrogens with zero attached hydrogens (tertiary/aromatic N) is 2. The van der Waals surface area contributed by atoms with Crippen LogP contribution in [0.3, 0.4) is 0 Å². The number of pyridine rings is 1. The van der Waals surface area contributed by atoms with Crippen molar-refractivity contribution in [1.82, 2.24) is 9.88 Å². The Morgan fingerprint density at radius 3 is 2.59 bits per heavy atom. The monoisotopic (exact) mass is 308 g/mol. The number of carbonyl (C=O) groups is 2. The molecule has 0 atom stereocenters. The van der Waals surface area contributed by atoms with Crippen molar-refractivity contribution in [2.75, 3.05) is 33.4 Å². The maximum absolute atomic E-state index is 12.4. The third kappa shape index (κ3) is 4.25. The molecule has 0 spiro atoms. The van der Waals surface area contributed by atoms with E-state index in [9.17, 15) is 9.59 Å². The van der Waals surface area contributed by atoms with E-state index in [1.54, 1.807) is 12.0 Å². The highest BCUT2D eigenvalue weighted by Crippen LogP contribution is 2.16. The molecule has 22 heavy (non-hydrogen) atoms. The highest BCUT2D eigenvalue weighted by Gasteiger charge is 2.25. The summed E-state index contributed by atoms with van der Waals surface area (Å²) in [6.45, 7) is 2.27. The second kappa shape index (κ2) is 7.86. The summed E-state index contributed by atoms with van der Waals surface area (Å²) in [5.74, 6) is -1.38. The Morgan fingerprint density at radius 2 is 1.95 bits per heavy atom. The highest BCUT2D eigenvalue weighted by atomic mass is 16.5. The van der Waals surface area contributed by atoms with E-state index in [4.69, 9.17) is 14.6 Å². The van der Waals surface area contributed by atoms with Crippen LogP contribution in [-0.2, 0) is 9.47 Å². The van der Waals surface area contributed by atoms with Crippen molar-refractivity contribution in [2.24, 2.45) is 0 Å². The maximum Gasteiger partial charge on any atom is 0.354 e. The molecular weight excluding hydrogens is 288 g/mol. The van der Waals surface area contributed by atoms with Crippen molar-refractivity contribution in [3.8, 4) is 0 Å². The van der Waals surface area contributed by atoms with Crippen LogP contribution in [-0.4, -0.2) is 66.4 Å². The van der Waals surface area contributed by atoms with Crippen molar-refractivity contribution in [1.29, 1.82) is 0 Å². The van der Waals surface area contributed by atoms with Gasteiger partial charge in [0.2, 0.25) is 0 Å². The molecular formula is C15H20N2O5. The molecule has 2 rings (SSSR count). The standard InChI is InChI=1S/C15H20N2O5/c1-21-9-10-22-11-5-7-17(8-6-11)14(18)12-3-2-4-13(16-12)15(19)20/h2-4,11H,5-10H2,1H3,(H,19,20). The third-order valence-electron chi connectivity index (χ3n) is 3.56. The van der Waals surface area contributed by atoms with E-state index in [1.165, 1.54) is 18.2 Å². The summed E-state index contributed by atoms with van der Waals surface area (Å²) in [6.07, 6.45) is 1.65. The van der Waals surface area contributed by atoms with Gasteiger partial charge in [0.1, 0.15) is 11.4 Å². The zero-order valence-electron chi connectivity index (χ0n) is 12.5. The number of hydrogen-bond donors (Lipinski definition) is 1. The van der Waals surface area contributed by atoms with Crippen molar-refractivity contribution in [3.05, 3.63) is 29.6 Å². The Hall–Kier alpha value is -1.99. The summed E-state index contributed by atoms with van der Waals surface area (Å²) in [5, 5.41) is 8.92. The van der Waals surface area contributed by atoms with E-state index in [2.05, 4.69) is 4.98 Å². The van der Waals surface area contributed by atoms with Gasteiger partial charge in [0.05, 0.1) is 19.3 Å². The Labute approximate surface area is 128 Å². The number of aromatic carboxylic acids is 1. The fourth-order valence-electron chi connectivity index (χ4n) is 2.36.